The van der Waals surface area contributed by atoms with Gasteiger partial charge in [-0.15, -0.1) is 11.3 Å². The molecule has 31 heavy (non-hydrogen) atoms. The Morgan fingerprint density at radius 3 is 2.68 bits per heavy atom. The third-order valence-electron chi connectivity index (χ3n) is 4.40. The van der Waals surface area contributed by atoms with E-state index in [1.54, 1.807) is 30.3 Å². The quantitative estimate of drug-likeness (QED) is 0.455. The van der Waals surface area contributed by atoms with Gasteiger partial charge in [0.2, 0.25) is 0 Å². The number of carbonyl (C=O) groups is 1. The summed E-state index contributed by atoms with van der Waals surface area (Å²) in [5, 5.41) is 8.27. The first-order chi connectivity index (χ1) is 14.9. The zero-order valence-corrected chi connectivity index (χ0v) is 16.9. The second-order valence-electron chi connectivity index (χ2n) is 6.37. The highest BCUT2D eigenvalue weighted by molar-refractivity contribution is 7.13. The monoisotopic (exact) mass is 444 g/mol. The number of anilines is 1. The van der Waals surface area contributed by atoms with Crippen LogP contribution in [0.1, 0.15) is 16.1 Å². The van der Waals surface area contributed by atoms with Gasteiger partial charge in [-0.05, 0) is 36.4 Å². The maximum absolute atomic E-state index is 13.6. The molecule has 0 unspecified atom stereocenters. The highest BCUT2D eigenvalue weighted by Crippen LogP contribution is 2.37. The second kappa shape index (κ2) is 8.23. The van der Waals surface area contributed by atoms with Crippen molar-refractivity contribution in [1.82, 2.24) is 14.8 Å². The number of carbonyl (C=O) groups excluding carboxylic acids is 1. The van der Waals surface area contributed by atoms with Gasteiger partial charge in [0.1, 0.15) is 16.5 Å². The summed E-state index contributed by atoms with van der Waals surface area (Å²) in [6, 6.07) is 12.3. The molecule has 4 aromatic rings. The van der Waals surface area contributed by atoms with Crippen molar-refractivity contribution in [1.29, 1.82) is 0 Å². The standard InChI is InChI=1S/C21H15F3N4O2S/c1-30-18-6-3-2-5-14(18)20-27-17(12-31-20)19(29)26-16-8-7-13(28-10-4-9-25-28)11-15(16)21(22,23)24/h2-12H,1H3,(H,26,29). The summed E-state index contributed by atoms with van der Waals surface area (Å²) in [6.45, 7) is 0. The molecule has 0 fully saturated rings. The van der Waals surface area contributed by atoms with Crippen LogP contribution < -0.4 is 10.1 Å². The zero-order valence-electron chi connectivity index (χ0n) is 16.1. The number of ether oxygens (including phenoxy) is 1. The highest BCUT2D eigenvalue weighted by atomic mass is 32.1. The lowest BCUT2D eigenvalue weighted by Crippen LogP contribution is -2.17. The van der Waals surface area contributed by atoms with Crippen LogP contribution in [0.2, 0.25) is 0 Å². The minimum absolute atomic E-state index is 0.00943. The number of nitrogens with one attached hydrogen (secondary N) is 1. The van der Waals surface area contributed by atoms with E-state index in [9.17, 15) is 18.0 Å². The van der Waals surface area contributed by atoms with Gasteiger partial charge < -0.3 is 10.1 Å². The van der Waals surface area contributed by atoms with Crippen molar-refractivity contribution in [2.45, 2.75) is 6.18 Å². The van der Waals surface area contributed by atoms with E-state index in [-0.39, 0.29) is 17.1 Å². The first kappa shape index (κ1) is 20.6. The van der Waals surface area contributed by atoms with Crippen molar-refractivity contribution < 1.29 is 22.7 Å². The fourth-order valence-electron chi connectivity index (χ4n) is 2.95. The largest absolute Gasteiger partial charge is 0.496 e. The Kier molecular flexibility index (Phi) is 5.47. The van der Waals surface area contributed by atoms with Crippen LogP contribution in [0.3, 0.4) is 0 Å². The first-order valence-electron chi connectivity index (χ1n) is 8.98. The fraction of sp³-hybridized carbons (Fsp3) is 0.0952. The molecular formula is C21H15F3N4O2S. The molecule has 4 rings (SSSR count). The number of aromatic nitrogens is 3. The van der Waals surface area contributed by atoms with Crippen molar-refractivity contribution in [2.75, 3.05) is 12.4 Å². The molecule has 0 saturated heterocycles. The predicted octanol–water partition coefficient (Wildman–Crippen LogP) is 5.28. The number of hydrogen-bond donors (Lipinski definition) is 1. The van der Waals surface area contributed by atoms with E-state index in [2.05, 4.69) is 15.4 Å². The average Bonchev–Trinajstić information content (AvgIpc) is 3.45. The lowest BCUT2D eigenvalue weighted by molar-refractivity contribution is -0.136. The average molecular weight is 444 g/mol. The van der Waals surface area contributed by atoms with Crippen molar-refractivity contribution in [3.8, 4) is 22.0 Å². The van der Waals surface area contributed by atoms with E-state index in [1.165, 1.54) is 53.0 Å². The molecule has 10 heteroatoms. The van der Waals surface area contributed by atoms with Crippen LogP contribution in [0.4, 0.5) is 18.9 Å². The number of alkyl halides is 3. The van der Waals surface area contributed by atoms with Crippen molar-refractivity contribution in [3.05, 3.63) is 77.6 Å². The molecule has 0 atom stereocenters. The number of hydrogen-bond acceptors (Lipinski definition) is 5. The lowest BCUT2D eigenvalue weighted by atomic mass is 10.1. The number of methoxy groups -OCH3 is 1. The van der Waals surface area contributed by atoms with E-state index >= 15 is 0 Å². The molecule has 2 aromatic carbocycles. The Labute approximate surface area is 178 Å². The summed E-state index contributed by atoms with van der Waals surface area (Å²) in [5.41, 5.74) is -0.416. The summed E-state index contributed by atoms with van der Waals surface area (Å²) in [4.78, 5) is 16.9. The van der Waals surface area contributed by atoms with Crippen molar-refractivity contribution in [2.24, 2.45) is 0 Å². The van der Waals surface area contributed by atoms with E-state index < -0.39 is 17.6 Å². The Bertz CT molecular complexity index is 1220. The van der Waals surface area contributed by atoms with Gasteiger partial charge in [-0.3, -0.25) is 4.79 Å². The summed E-state index contributed by atoms with van der Waals surface area (Å²) in [7, 11) is 1.52. The summed E-state index contributed by atoms with van der Waals surface area (Å²) in [5.74, 6) is -0.160. The third-order valence-corrected chi connectivity index (χ3v) is 5.28. The van der Waals surface area contributed by atoms with Gasteiger partial charge in [0.25, 0.3) is 5.91 Å². The number of halogens is 3. The molecule has 1 amide bonds. The molecule has 0 radical (unpaired) electrons. The predicted molar refractivity (Wildman–Crippen MR) is 111 cm³/mol. The van der Waals surface area contributed by atoms with E-state index in [4.69, 9.17) is 4.74 Å². The SMILES string of the molecule is COc1ccccc1-c1nc(C(=O)Nc2ccc(-n3cccn3)cc2C(F)(F)F)cs1. The highest BCUT2D eigenvalue weighted by Gasteiger charge is 2.34. The van der Waals surface area contributed by atoms with Crippen molar-refractivity contribution in [3.63, 3.8) is 0 Å². The fourth-order valence-corrected chi connectivity index (χ4v) is 3.78. The topological polar surface area (TPSA) is 69.0 Å². The van der Waals surface area contributed by atoms with Gasteiger partial charge >= 0.3 is 6.18 Å². The van der Waals surface area contributed by atoms with Crippen molar-refractivity contribution >= 4 is 22.9 Å². The Morgan fingerprint density at radius 2 is 1.97 bits per heavy atom. The van der Waals surface area contributed by atoms with Crippen LogP contribution >= 0.6 is 11.3 Å². The van der Waals surface area contributed by atoms with E-state index in [0.717, 1.165) is 6.07 Å². The summed E-state index contributed by atoms with van der Waals surface area (Å²) >= 11 is 1.20. The van der Waals surface area contributed by atoms with Gasteiger partial charge in [-0.1, -0.05) is 12.1 Å². The van der Waals surface area contributed by atoms with Crippen LogP contribution in [-0.4, -0.2) is 27.8 Å². The third kappa shape index (κ3) is 4.29. The molecule has 0 saturated carbocycles. The van der Waals surface area contributed by atoms with Gasteiger partial charge in [0, 0.05) is 17.8 Å². The van der Waals surface area contributed by atoms with Crippen LogP contribution in [0.5, 0.6) is 5.75 Å². The molecular weight excluding hydrogens is 429 g/mol. The summed E-state index contributed by atoms with van der Waals surface area (Å²) < 4.78 is 47.5. The summed E-state index contributed by atoms with van der Waals surface area (Å²) in [6.07, 6.45) is -1.68. The Hall–Kier alpha value is -3.66. The minimum atomic E-state index is -4.67. The minimum Gasteiger partial charge on any atom is -0.496 e. The molecule has 2 heterocycles. The van der Waals surface area contributed by atoms with Crippen LogP contribution in [0.15, 0.2) is 66.3 Å². The molecule has 0 aliphatic carbocycles. The molecule has 0 aliphatic heterocycles. The number of para-hydroxylation sites is 1. The second-order valence-corrected chi connectivity index (χ2v) is 7.23. The maximum atomic E-state index is 13.6. The molecule has 158 valence electrons. The zero-order chi connectivity index (χ0) is 22.0. The maximum Gasteiger partial charge on any atom is 0.418 e. The smallest absolute Gasteiger partial charge is 0.418 e. The number of nitrogens with zero attached hydrogens (tertiary/aromatic N) is 3. The van der Waals surface area contributed by atoms with E-state index in [1.807, 2.05) is 0 Å². The molecule has 2 aromatic heterocycles. The molecule has 0 bridgehead atoms. The van der Waals surface area contributed by atoms with Crippen LogP contribution in [0, 0.1) is 0 Å². The first-order valence-corrected chi connectivity index (χ1v) is 9.86. The van der Waals surface area contributed by atoms with Gasteiger partial charge in [-0.25, -0.2) is 9.67 Å². The molecule has 1 N–H and O–H groups in total. The number of rotatable bonds is 5. The van der Waals surface area contributed by atoms with Gasteiger partial charge in [0.15, 0.2) is 0 Å². The Morgan fingerprint density at radius 1 is 1.16 bits per heavy atom. The lowest BCUT2D eigenvalue weighted by Gasteiger charge is -2.15. The number of thiazole rings is 1. The Balaban J connectivity index is 1.62. The number of amides is 1. The molecule has 0 spiro atoms. The number of benzene rings is 2. The van der Waals surface area contributed by atoms with Gasteiger partial charge in [-0.2, -0.15) is 18.3 Å². The van der Waals surface area contributed by atoms with Gasteiger partial charge in [0.05, 0.1) is 29.6 Å². The normalized spacial score (nSPS) is 11.4. The van der Waals surface area contributed by atoms with E-state index in [0.29, 0.717) is 16.3 Å². The molecule has 0 aliphatic rings. The molecule has 6 nitrogen and oxygen atoms in total. The van der Waals surface area contributed by atoms with Crippen LogP contribution in [-0.2, 0) is 6.18 Å². The van der Waals surface area contributed by atoms with Crippen LogP contribution in [0.25, 0.3) is 16.3 Å².